The Hall–Kier alpha value is -0.660. The SMILES string of the molecule is CCN/C=C/N(C)C. The minimum atomic E-state index is 0.990. The van der Waals surface area contributed by atoms with E-state index in [0.717, 1.165) is 6.54 Å². The smallest absolute Gasteiger partial charge is 0.0145 e. The highest BCUT2D eigenvalue weighted by Crippen LogP contribution is 1.71. The fraction of sp³-hybridized carbons (Fsp3) is 0.667. The molecule has 0 aromatic carbocycles. The summed E-state index contributed by atoms with van der Waals surface area (Å²) in [7, 11) is 3.99. The van der Waals surface area contributed by atoms with E-state index in [1.54, 1.807) is 0 Å². The van der Waals surface area contributed by atoms with Crippen molar-refractivity contribution in [3.05, 3.63) is 12.4 Å². The van der Waals surface area contributed by atoms with Crippen LogP contribution < -0.4 is 5.32 Å². The van der Waals surface area contributed by atoms with Crippen molar-refractivity contribution in [2.24, 2.45) is 0 Å². The quantitative estimate of drug-likeness (QED) is 0.579. The van der Waals surface area contributed by atoms with E-state index >= 15 is 0 Å². The molecule has 0 aliphatic rings. The van der Waals surface area contributed by atoms with Crippen LogP contribution in [0.3, 0.4) is 0 Å². The molecule has 0 unspecified atom stereocenters. The van der Waals surface area contributed by atoms with E-state index in [0.29, 0.717) is 0 Å². The van der Waals surface area contributed by atoms with Crippen molar-refractivity contribution in [3.8, 4) is 0 Å². The Labute approximate surface area is 51.2 Å². The van der Waals surface area contributed by atoms with E-state index in [4.69, 9.17) is 0 Å². The summed E-state index contributed by atoms with van der Waals surface area (Å²) in [6, 6.07) is 0. The molecule has 2 nitrogen and oxygen atoms in total. The van der Waals surface area contributed by atoms with E-state index in [9.17, 15) is 0 Å². The summed E-state index contributed by atoms with van der Waals surface area (Å²) in [6.07, 6.45) is 3.91. The van der Waals surface area contributed by atoms with Crippen LogP contribution >= 0.6 is 0 Å². The largest absolute Gasteiger partial charge is 0.390 e. The van der Waals surface area contributed by atoms with Crippen molar-refractivity contribution in [3.63, 3.8) is 0 Å². The van der Waals surface area contributed by atoms with Gasteiger partial charge in [-0.3, -0.25) is 0 Å². The van der Waals surface area contributed by atoms with Crippen molar-refractivity contribution in [2.45, 2.75) is 6.92 Å². The standard InChI is InChI=1S/C6H14N2/c1-4-7-5-6-8(2)3/h5-7H,4H2,1-3H3/b6-5+. The summed E-state index contributed by atoms with van der Waals surface area (Å²) in [5, 5.41) is 3.06. The van der Waals surface area contributed by atoms with E-state index < -0.39 is 0 Å². The van der Waals surface area contributed by atoms with Crippen molar-refractivity contribution < 1.29 is 0 Å². The summed E-state index contributed by atoms with van der Waals surface area (Å²) in [6.45, 7) is 3.06. The lowest BCUT2D eigenvalue weighted by atomic mass is 10.7. The van der Waals surface area contributed by atoms with Crippen LogP contribution in [0, 0.1) is 0 Å². The van der Waals surface area contributed by atoms with Gasteiger partial charge in [0.05, 0.1) is 0 Å². The molecular weight excluding hydrogens is 100 g/mol. The minimum Gasteiger partial charge on any atom is -0.390 e. The Balaban J connectivity index is 3.07. The van der Waals surface area contributed by atoms with Crippen LogP contribution in [-0.2, 0) is 0 Å². The number of rotatable bonds is 3. The Bertz CT molecular complexity index is 66.9. The zero-order chi connectivity index (χ0) is 6.41. The molecule has 0 spiro atoms. The lowest BCUT2D eigenvalue weighted by Gasteiger charge is -2.02. The molecule has 0 aromatic rings. The normalized spacial score (nSPS) is 9.88. The van der Waals surface area contributed by atoms with Crippen LogP contribution in [0.1, 0.15) is 6.92 Å². The van der Waals surface area contributed by atoms with Crippen LogP contribution in [-0.4, -0.2) is 25.5 Å². The van der Waals surface area contributed by atoms with Gasteiger partial charge < -0.3 is 10.2 Å². The zero-order valence-electron chi connectivity index (χ0n) is 5.81. The average Bonchev–Trinajstić information content (AvgIpc) is 1.66. The molecule has 0 heterocycles. The Morgan fingerprint density at radius 2 is 2.12 bits per heavy atom. The van der Waals surface area contributed by atoms with Gasteiger partial charge >= 0.3 is 0 Å². The van der Waals surface area contributed by atoms with Gasteiger partial charge in [-0.25, -0.2) is 0 Å². The van der Waals surface area contributed by atoms with Gasteiger partial charge in [-0.1, -0.05) is 0 Å². The molecule has 0 radical (unpaired) electrons. The zero-order valence-corrected chi connectivity index (χ0v) is 5.81. The summed E-state index contributed by atoms with van der Waals surface area (Å²) in [5.74, 6) is 0. The number of nitrogens with one attached hydrogen (secondary N) is 1. The molecule has 2 heteroatoms. The van der Waals surface area contributed by atoms with Gasteiger partial charge in [0.25, 0.3) is 0 Å². The number of hydrogen-bond acceptors (Lipinski definition) is 2. The lowest BCUT2D eigenvalue weighted by Crippen LogP contribution is -2.07. The molecule has 0 rings (SSSR count). The fourth-order valence-corrected chi connectivity index (χ4v) is 0.320. The molecule has 0 bridgehead atoms. The highest BCUT2D eigenvalue weighted by Gasteiger charge is 1.71. The highest BCUT2D eigenvalue weighted by atomic mass is 15.0. The minimum absolute atomic E-state index is 0.990. The Morgan fingerprint density at radius 3 is 2.50 bits per heavy atom. The molecule has 0 atom stereocenters. The maximum absolute atomic E-state index is 3.06. The highest BCUT2D eigenvalue weighted by molar-refractivity contribution is 4.75. The Kier molecular flexibility index (Phi) is 4.13. The monoisotopic (exact) mass is 114 g/mol. The van der Waals surface area contributed by atoms with Crippen LogP contribution in [0.5, 0.6) is 0 Å². The van der Waals surface area contributed by atoms with Gasteiger partial charge in [0.15, 0.2) is 0 Å². The van der Waals surface area contributed by atoms with E-state index in [2.05, 4.69) is 12.2 Å². The second kappa shape index (κ2) is 4.50. The first-order chi connectivity index (χ1) is 3.77. The van der Waals surface area contributed by atoms with Gasteiger partial charge in [0.2, 0.25) is 0 Å². The molecule has 0 saturated carbocycles. The maximum atomic E-state index is 3.06. The van der Waals surface area contributed by atoms with Crippen molar-refractivity contribution in [2.75, 3.05) is 20.6 Å². The van der Waals surface area contributed by atoms with Crippen LogP contribution in [0.2, 0.25) is 0 Å². The molecule has 48 valence electrons. The first-order valence-electron chi connectivity index (χ1n) is 2.84. The van der Waals surface area contributed by atoms with E-state index in [1.807, 2.05) is 31.4 Å². The van der Waals surface area contributed by atoms with Crippen molar-refractivity contribution in [1.82, 2.24) is 10.2 Å². The van der Waals surface area contributed by atoms with Crippen LogP contribution in [0.4, 0.5) is 0 Å². The van der Waals surface area contributed by atoms with Gasteiger partial charge in [0, 0.05) is 33.0 Å². The first-order valence-corrected chi connectivity index (χ1v) is 2.84. The van der Waals surface area contributed by atoms with E-state index in [-0.39, 0.29) is 0 Å². The average molecular weight is 114 g/mol. The van der Waals surface area contributed by atoms with Gasteiger partial charge in [-0.15, -0.1) is 0 Å². The van der Waals surface area contributed by atoms with Gasteiger partial charge in [-0.05, 0) is 6.92 Å². The molecule has 0 saturated heterocycles. The molecule has 0 aromatic heterocycles. The number of nitrogens with zero attached hydrogens (tertiary/aromatic N) is 1. The summed E-state index contributed by atoms with van der Waals surface area (Å²) >= 11 is 0. The van der Waals surface area contributed by atoms with E-state index in [1.165, 1.54) is 0 Å². The molecule has 0 aliphatic carbocycles. The number of hydrogen-bond donors (Lipinski definition) is 1. The molecule has 1 N–H and O–H groups in total. The van der Waals surface area contributed by atoms with Crippen molar-refractivity contribution >= 4 is 0 Å². The summed E-state index contributed by atoms with van der Waals surface area (Å²) in [4.78, 5) is 1.99. The predicted octanol–water partition coefficient (Wildman–Crippen LogP) is 0.629. The van der Waals surface area contributed by atoms with Gasteiger partial charge in [0.1, 0.15) is 0 Å². The molecule has 8 heavy (non-hydrogen) atoms. The second-order valence-corrected chi connectivity index (χ2v) is 1.84. The van der Waals surface area contributed by atoms with Gasteiger partial charge in [-0.2, -0.15) is 0 Å². The predicted molar refractivity (Wildman–Crippen MR) is 36.5 cm³/mol. The second-order valence-electron chi connectivity index (χ2n) is 1.84. The third-order valence-corrected chi connectivity index (χ3v) is 0.695. The third kappa shape index (κ3) is 5.34. The van der Waals surface area contributed by atoms with Crippen LogP contribution in [0.25, 0.3) is 0 Å². The third-order valence-electron chi connectivity index (χ3n) is 0.695. The summed E-state index contributed by atoms with van der Waals surface area (Å²) < 4.78 is 0. The lowest BCUT2D eigenvalue weighted by molar-refractivity contribution is 0.559. The molecule has 0 aliphatic heterocycles. The molecular formula is C6H14N2. The summed E-state index contributed by atoms with van der Waals surface area (Å²) in [5.41, 5.74) is 0. The van der Waals surface area contributed by atoms with Crippen LogP contribution in [0.15, 0.2) is 12.4 Å². The molecule has 0 amide bonds. The fourth-order valence-electron chi connectivity index (χ4n) is 0.320. The first kappa shape index (κ1) is 7.34. The maximum Gasteiger partial charge on any atom is 0.0145 e. The molecule has 0 fully saturated rings. The Morgan fingerprint density at radius 1 is 1.50 bits per heavy atom. The van der Waals surface area contributed by atoms with Crippen molar-refractivity contribution in [1.29, 1.82) is 0 Å². The topological polar surface area (TPSA) is 15.3 Å².